The zero-order valence-corrected chi connectivity index (χ0v) is 13.8. The summed E-state index contributed by atoms with van der Waals surface area (Å²) in [7, 11) is 0. The summed E-state index contributed by atoms with van der Waals surface area (Å²) < 4.78 is 0. The molecule has 0 saturated carbocycles. The van der Waals surface area contributed by atoms with Crippen molar-refractivity contribution in [1.82, 2.24) is 9.97 Å². The fourth-order valence-electron chi connectivity index (χ4n) is 2.78. The molecule has 1 aromatic carbocycles. The third-order valence-corrected chi connectivity index (χ3v) is 3.98. The van der Waals surface area contributed by atoms with Gasteiger partial charge in [-0.1, -0.05) is 32.0 Å². The number of benzene rings is 1. The molecule has 0 aliphatic carbocycles. The van der Waals surface area contributed by atoms with E-state index < -0.39 is 0 Å². The van der Waals surface area contributed by atoms with E-state index in [9.17, 15) is 4.79 Å². The molecule has 5 heteroatoms. The van der Waals surface area contributed by atoms with Gasteiger partial charge < -0.3 is 10.2 Å². The van der Waals surface area contributed by atoms with Gasteiger partial charge >= 0.3 is 0 Å². The largest absolute Gasteiger partial charge is 0.358 e. The number of hydrogen-bond acceptors (Lipinski definition) is 4. The van der Waals surface area contributed by atoms with E-state index in [-0.39, 0.29) is 17.9 Å². The van der Waals surface area contributed by atoms with Crippen molar-refractivity contribution < 1.29 is 4.79 Å². The first kappa shape index (κ1) is 15.5. The lowest BCUT2D eigenvalue weighted by Gasteiger charge is -2.18. The van der Waals surface area contributed by atoms with E-state index in [1.54, 1.807) is 0 Å². The van der Waals surface area contributed by atoms with E-state index in [2.05, 4.69) is 29.1 Å². The van der Waals surface area contributed by atoms with Crippen LogP contribution in [0, 0.1) is 6.92 Å². The average molecular weight is 310 g/mol. The Morgan fingerprint density at radius 3 is 2.65 bits per heavy atom. The summed E-state index contributed by atoms with van der Waals surface area (Å²) in [4.78, 5) is 23.4. The molecular formula is C18H22N4O. The molecule has 1 aromatic heterocycles. The highest BCUT2D eigenvalue weighted by Crippen LogP contribution is 2.23. The Kier molecular flexibility index (Phi) is 4.28. The van der Waals surface area contributed by atoms with Crippen LogP contribution in [0.25, 0.3) is 0 Å². The average Bonchev–Trinajstić information content (AvgIpc) is 2.88. The zero-order valence-electron chi connectivity index (χ0n) is 13.8. The molecule has 1 saturated heterocycles. The fraction of sp³-hybridized carbons (Fsp3) is 0.389. The maximum absolute atomic E-state index is 12.6. The van der Waals surface area contributed by atoms with Gasteiger partial charge in [-0.25, -0.2) is 9.97 Å². The molecule has 0 radical (unpaired) electrons. The molecule has 5 nitrogen and oxygen atoms in total. The zero-order chi connectivity index (χ0) is 16.4. The van der Waals surface area contributed by atoms with Gasteiger partial charge in [-0.05, 0) is 25.5 Å². The topological polar surface area (TPSA) is 58.1 Å². The number of aromatic nitrogens is 2. The molecular weight excluding hydrogens is 288 g/mol. The van der Waals surface area contributed by atoms with Gasteiger partial charge in [-0.2, -0.15) is 0 Å². The number of carbonyl (C=O) groups excluding carboxylic acids is 1. The molecule has 1 aliphatic heterocycles. The number of aryl methyl sites for hydroxylation is 1. The van der Waals surface area contributed by atoms with Crippen LogP contribution in [0.3, 0.4) is 0 Å². The van der Waals surface area contributed by atoms with Crippen LogP contribution in [0.5, 0.6) is 0 Å². The van der Waals surface area contributed by atoms with Gasteiger partial charge in [0, 0.05) is 29.9 Å². The van der Waals surface area contributed by atoms with Crippen LogP contribution >= 0.6 is 0 Å². The van der Waals surface area contributed by atoms with E-state index in [0.29, 0.717) is 0 Å². The van der Waals surface area contributed by atoms with Crippen LogP contribution in [0.2, 0.25) is 0 Å². The Balaban J connectivity index is 1.76. The molecule has 1 amide bonds. The molecule has 1 fully saturated rings. The number of amides is 1. The van der Waals surface area contributed by atoms with Crippen molar-refractivity contribution in [1.29, 1.82) is 0 Å². The molecule has 1 N–H and O–H groups in total. The molecule has 1 unspecified atom stereocenters. The fourth-order valence-corrected chi connectivity index (χ4v) is 2.78. The summed E-state index contributed by atoms with van der Waals surface area (Å²) in [6.07, 6.45) is 0.772. The normalized spacial score (nSPS) is 17.8. The summed E-state index contributed by atoms with van der Waals surface area (Å²) in [5, 5.41) is 3.28. The maximum Gasteiger partial charge on any atom is 0.249 e. The lowest BCUT2D eigenvalue weighted by Crippen LogP contribution is -2.33. The third-order valence-electron chi connectivity index (χ3n) is 3.98. The van der Waals surface area contributed by atoms with Crippen molar-refractivity contribution >= 4 is 17.4 Å². The van der Waals surface area contributed by atoms with Crippen molar-refractivity contribution in [2.45, 2.75) is 39.2 Å². The molecule has 0 spiro atoms. The van der Waals surface area contributed by atoms with Crippen LogP contribution in [0.15, 0.2) is 36.4 Å². The smallest absolute Gasteiger partial charge is 0.249 e. The first-order valence-corrected chi connectivity index (χ1v) is 8.03. The Bertz CT molecular complexity index is 699. The van der Waals surface area contributed by atoms with Crippen molar-refractivity contribution in [2.75, 3.05) is 16.8 Å². The number of anilines is 2. The molecule has 3 rings (SSSR count). The van der Waals surface area contributed by atoms with Gasteiger partial charge in [0.1, 0.15) is 17.7 Å². The minimum Gasteiger partial charge on any atom is -0.358 e. The summed E-state index contributed by atoms with van der Waals surface area (Å²) in [5.74, 6) is 1.89. The van der Waals surface area contributed by atoms with Crippen molar-refractivity contribution in [3.05, 3.63) is 47.9 Å². The summed E-state index contributed by atoms with van der Waals surface area (Å²) in [6, 6.07) is 11.4. The SMILES string of the molecule is Cc1cc(NC2CCN(c3ccccc3)C2=O)nc(C(C)C)n1. The van der Waals surface area contributed by atoms with Crippen LogP contribution in [0.1, 0.15) is 37.7 Å². The van der Waals surface area contributed by atoms with Crippen LogP contribution in [-0.2, 0) is 4.79 Å². The number of nitrogens with zero attached hydrogens (tertiary/aromatic N) is 3. The van der Waals surface area contributed by atoms with Crippen LogP contribution < -0.4 is 10.2 Å². The Hall–Kier alpha value is -2.43. The first-order valence-electron chi connectivity index (χ1n) is 8.03. The van der Waals surface area contributed by atoms with Gasteiger partial charge in [0.05, 0.1) is 0 Å². The summed E-state index contributed by atoms with van der Waals surface area (Å²) in [5.41, 5.74) is 1.86. The second kappa shape index (κ2) is 6.36. The van der Waals surface area contributed by atoms with Gasteiger partial charge in [-0.3, -0.25) is 4.79 Å². The standard InChI is InChI=1S/C18H22N4O/c1-12(2)17-19-13(3)11-16(21-17)20-15-9-10-22(18(15)23)14-7-5-4-6-8-14/h4-8,11-12,15H,9-10H2,1-3H3,(H,19,20,21). The number of carbonyl (C=O) groups is 1. The summed E-state index contributed by atoms with van der Waals surface area (Å²) >= 11 is 0. The minimum absolute atomic E-state index is 0.0959. The molecule has 1 atom stereocenters. The number of rotatable bonds is 4. The Morgan fingerprint density at radius 1 is 1.22 bits per heavy atom. The van der Waals surface area contributed by atoms with Gasteiger partial charge in [0.25, 0.3) is 0 Å². The Morgan fingerprint density at radius 2 is 1.96 bits per heavy atom. The maximum atomic E-state index is 12.6. The molecule has 120 valence electrons. The minimum atomic E-state index is -0.232. The van der Waals surface area contributed by atoms with Gasteiger partial charge in [0.2, 0.25) is 5.91 Å². The highest BCUT2D eigenvalue weighted by molar-refractivity contribution is 6.00. The predicted molar refractivity (Wildman–Crippen MR) is 91.7 cm³/mol. The highest BCUT2D eigenvalue weighted by atomic mass is 16.2. The summed E-state index contributed by atoms with van der Waals surface area (Å²) in [6.45, 7) is 6.81. The van der Waals surface area contributed by atoms with Crippen LogP contribution in [0.4, 0.5) is 11.5 Å². The van der Waals surface area contributed by atoms with E-state index >= 15 is 0 Å². The molecule has 23 heavy (non-hydrogen) atoms. The van der Waals surface area contributed by atoms with Crippen LogP contribution in [-0.4, -0.2) is 28.5 Å². The number of para-hydroxylation sites is 1. The van der Waals surface area contributed by atoms with E-state index in [4.69, 9.17) is 0 Å². The lowest BCUT2D eigenvalue weighted by atomic mass is 10.2. The second-order valence-electron chi connectivity index (χ2n) is 6.22. The number of nitrogens with one attached hydrogen (secondary N) is 1. The second-order valence-corrected chi connectivity index (χ2v) is 6.22. The first-order chi connectivity index (χ1) is 11.0. The highest BCUT2D eigenvalue weighted by Gasteiger charge is 2.32. The molecule has 0 bridgehead atoms. The van der Waals surface area contributed by atoms with Crippen molar-refractivity contribution in [3.8, 4) is 0 Å². The molecule has 2 heterocycles. The van der Waals surface area contributed by atoms with E-state index in [1.807, 2.05) is 48.2 Å². The van der Waals surface area contributed by atoms with Gasteiger partial charge in [0.15, 0.2) is 0 Å². The third kappa shape index (κ3) is 3.33. The molecule has 1 aliphatic rings. The van der Waals surface area contributed by atoms with E-state index in [0.717, 1.165) is 36.0 Å². The predicted octanol–water partition coefficient (Wildman–Crippen LogP) is 3.13. The monoisotopic (exact) mass is 310 g/mol. The quantitative estimate of drug-likeness (QED) is 0.942. The van der Waals surface area contributed by atoms with Crippen molar-refractivity contribution in [2.24, 2.45) is 0 Å². The Labute approximate surface area is 136 Å². The number of hydrogen-bond donors (Lipinski definition) is 1. The van der Waals surface area contributed by atoms with E-state index in [1.165, 1.54) is 0 Å². The lowest BCUT2D eigenvalue weighted by molar-refractivity contribution is -0.117. The molecule has 2 aromatic rings. The van der Waals surface area contributed by atoms with Gasteiger partial charge in [-0.15, -0.1) is 0 Å². The van der Waals surface area contributed by atoms with Crippen molar-refractivity contribution in [3.63, 3.8) is 0 Å².